The first kappa shape index (κ1) is 8.00. The fraction of sp³-hybridized carbons (Fsp3) is 0.250. The number of nitrogens with one attached hydrogen (secondary N) is 1. The maximum atomic E-state index is 11.2. The van der Waals surface area contributed by atoms with E-state index in [1.165, 1.54) is 4.57 Å². The number of fused-ring (bicyclic) bond motifs is 1. The van der Waals surface area contributed by atoms with Crippen molar-refractivity contribution in [2.45, 2.75) is 13.7 Å². The molecule has 2 aromatic rings. The Balaban J connectivity index is 2.96. The van der Waals surface area contributed by atoms with Crippen LogP contribution in [-0.4, -0.2) is 19.6 Å². The molecule has 0 amide bonds. The third kappa shape index (κ3) is 1.05. The molecule has 2 rings (SSSR count). The molecule has 0 aliphatic rings. The molecule has 0 atom stereocenters. The molecule has 68 valence electrons. The van der Waals surface area contributed by atoms with Gasteiger partial charge in [0, 0.05) is 6.20 Å². The van der Waals surface area contributed by atoms with Gasteiger partial charge in [-0.2, -0.15) is 0 Å². The van der Waals surface area contributed by atoms with E-state index in [0.717, 1.165) is 5.56 Å². The van der Waals surface area contributed by atoms with Gasteiger partial charge < -0.3 is 5.11 Å². The van der Waals surface area contributed by atoms with Crippen molar-refractivity contribution < 1.29 is 5.11 Å². The average Bonchev–Trinajstić information content (AvgIpc) is 2.42. The summed E-state index contributed by atoms with van der Waals surface area (Å²) in [6, 6.07) is 1.79. The Morgan fingerprint density at radius 2 is 2.46 bits per heavy atom. The number of hydrogen-bond acceptors (Lipinski definition) is 3. The molecule has 5 nitrogen and oxygen atoms in total. The first-order valence-corrected chi connectivity index (χ1v) is 3.89. The van der Waals surface area contributed by atoms with Crippen LogP contribution in [0.4, 0.5) is 0 Å². The zero-order valence-corrected chi connectivity index (χ0v) is 7.11. The zero-order chi connectivity index (χ0) is 9.42. The van der Waals surface area contributed by atoms with Crippen molar-refractivity contribution in [2.24, 2.45) is 0 Å². The maximum absolute atomic E-state index is 11.2. The number of imidazole rings is 1. The molecule has 0 saturated carbocycles. The highest BCUT2D eigenvalue weighted by atomic mass is 16.3. The maximum Gasteiger partial charge on any atom is 0.329 e. The van der Waals surface area contributed by atoms with Gasteiger partial charge in [0.1, 0.15) is 6.73 Å². The number of aliphatic hydroxyl groups is 1. The smallest absolute Gasteiger partial charge is 0.329 e. The number of aromatic amines is 1. The van der Waals surface area contributed by atoms with Gasteiger partial charge in [-0.25, -0.2) is 9.78 Å². The molecular weight excluding hydrogens is 170 g/mol. The second-order valence-corrected chi connectivity index (χ2v) is 2.82. The average molecular weight is 179 g/mol. The van der Waals surface area contributed by atoms with E-state index in [-0.39, 0.29) is 12.4 Å². The normalized spacial score (nSPS) is 10.9. The number of aliphatic hydroxyl groups excluding tert-OH is 1. The molecule has 0 radical (unpaired) electrons. The Morgan fingerprint density at radius 1 is 1.69 bits per heavy atom. The molecule has 0 saturated heterocycles. The van der Waals surface area contributed by atoms with Crippen molar-refractivity contribution in [1.82, 2.24) is 14.5 Å². The van der Waals surface area contributed by atoms with Gasteiger partial charge in [-0.1, -0.05) is 0 Å². The van der Waals surface area contributed by atoms with Gasteiger partial charge in [-0.05, 0) is 18.6 Å². The van der Waals surface area contributed by atoms with Crippen molar-refractivity contribution in [2.75, 3.05) is 0 Å². The van der Waals surface area contributed by atoms with Crippen molar-refractivity contribution in [3.8, 4) is 0 Å². The summed E-state index contributed by atoms with van der Waals surface area (Å²) in [5, 5.41) is 8.94. The summed E-state index contributed by atoms with van der Waals surface area (Å²) in [5.41, 5.74) is 1.76. The lowest BCUT2D eigenvalue weighted by molar-refractivity contribution is 0.211. The number of rotatable bonds is 1. The van der Waals surface area contributed by atoms with Crippen LogP contribution in [0, 0.1) is 6.92 Å². The minimum atomic E-state index is -0.334. The molecule has 0 fully saturated rings. The fourth-order valence-electron chi connectivity index (χ4n) is 1.39. The molecule has 0 unspecified atom stereocenters. The Bertz CT molecular complexity index is 498. The van der Waals surface area contributed by atoms with Crippen molar-refractivity contribution in [3.05, 3.63) is 28.3 Å². The molecule has 0 aromatic carbocycles. The molecule has 0 spiro atoms. The van der Waals surface area contributed by atoms with E-state index in [9.17, 15) is 4.79 Å². The molecule has 2 N–H and O–H groups in total. The summed E-state index contributed by atoms with van der Waals surface area (Å²) in [6.45, 7) is 1.54. The van der Waals surface area contributed by atoms with Crippen molar-refractivity contribution in [3.63, 3.8) is 0 Å². The number of pyridine rings is 1. The summed E-state index contributed by atoms with van der Waals surface area (Å²) in [4.78, 5) is 17.8. The second kappa shape index (κ2) is 2.70. The van der Waals surface area contributed by atoms with Crippen LogP contribution >= 0.6 is 0 Å². The molecule has 2 heterocycles. The topological polar surface area (TPSA) is 70.9 Å². The van der Waals surface area contributed by atoms with Crippen LogP contribution in [0.1, 0.15) is 5.56 Å². The molecule has 0 bridgehead atoms. The highest BCUT2D eigenvalue weighted by Gasteiger charge is 2.07. The lowest BCUT2D eigenvalue weighted by atomic mass is 10.3. The lowest BCUT2D eigenvalue weighted by Gasteiger charge is -1.98. The molecule has 13 heavy (non-hydrogen) atoms. The van der Waals surface area contributed by atoms with Crippen LogP contribution < -0.4 is 5.69 Å². The lowest BCUT2D eigenvalue weighted by Crippen LogP contribution is -2.16. The second-order valence-electron chi connectivity index (χ2n) is 2.82. The zero-order valence-electron chi connectivity index (χ0n) is 7.11. The van der Waals surface area contributed by atoms with Gasteiger partial charge in [0.15, 0.2) is 5.65 Å². The first-order chi connectivity index (χ1) is 6.24. The van der Waals surface area contributed by atoms with Gasteiger partial charge in [0.05, 0.1) is 5.52 Å². The summed E-state index contributed by atoms with van der Waals surface area (Å²) >= 11 is 0. The largest absolute Gasteiger partial charge is 0.376 e. The minimum Gasteiger partial charge on any atom is -0.376 e. The SMILES string of the molecule is Cc1ccnc2[nH]c(=O)n(CO)c12. The predicted octanol–water partition coefficient (Wildman–Crippen LogP) is -0.0172. The number of nitrogens with zero attached hydrogens (tertiary/aromatic N) is 2. The molecular formula is C8H9N3O2. The van der Waals surface area contributed by atoms with E-state index in [4.69, 9.17) is 5.11 Å². The Kier molecular flexibility index (Phi) is 1.66. The van der Waals surface area contributed by atoms with Crippen LogP contribution in [0.15, 0.2) is 17.1 Å². The van der Waals surface area contributed by atoms with Gasteiger partial charge in [-0.3, -0.25) is 9.55 Å². The van der Waals surface area contributed by atoms with E-state index in [2.05, 4.69) is 9.97 Å². The Hall–Kier alpha value is -1.62. The Morgan fingerprint density at radius 3 is 3.15 bits per heavy atom. The predicted molar refractivity (Wildman–Crippen MR) is 47.3 cm³/mol. The Labute approximate surface area is 73.7 Å². The van der Waals surface area contributed by atoms with E-state index in [0.29, 0.717) is 11.2 Å². The number of hydrogen-bond donors (Lipinski definition) is 2. The van der Waals surface area contributed by atoms with E-state index in [1.807, 2.05) is 6.92 Å². The summed E-state index contributed by atoms with van der Waals surface area (Å²) in [5.74, 6) is 0. The van der Waals surface area contributed by atoms with Crippen LogP contribution in [0.25, 0.3) is 11.2 Å². The van der Waals surface area contributed by atoms with Crippen molar-refractivity contribution in [1.29, 1.82) is 0 Å². The standard InChI is InChI=1S/C8H9N3O2/c1-5-2-3-9-7-6(5)11(4-12)8(13)10-7/h2-3,12H,4H2,1H3,(H,9,10,13). The first-order valence-electron chi connectivity index (χ1n) is 3.89. The van der Waals surface area contributed by atoms with Crippen LogP contribution in [0.3, 0.4) is 0 Å². The van der Waals surface area contributed by atoms with E-state index in [1.54, 1.807) is 12.3 Å². The van der Waals surface area contributed by atoms with Crippen LogP contribution in [0.5, 0.6) is 0 Å². The number of aromatic nitrogens is 3. The number of aryl methyl sites for hydroxylation is 1. The highest BCUT2D eigenvalue weighted by molar-refractivity contribution is 5.74. The van der Waals surface area contributed by atoms with Gasteiger partial charge in [0.2, 0.25) is 0 Å². The molecule has 2 aromatic heterocycles. The number of H-pyrrole nitrogens is 1. The molecule has 5 heteroatoms. The van der Waals surface area contributed by atoms with Gasteiger partial charge in [-0.15, -0.1) is 0 Å². The van der Waals surface area contributed by atoms with E-state index < -0.39 is 0 Å². The van der Waals surface area contributed by atoms with Crippen LogP contribution in [-0.2, 0) is 6.73 Å². The third-order valence-electron chi connectivity index (χ3n) is 2.01. The monoisotopic (exact) mass is 179 g/mol. The van der Waals surface area contributed by atoms with Crippen LogP contribution in [0.2, 0.25) is 0 Å². The summed E-state index contributed by atoms with van der Waals surface area (Å²) < 4.78 is 1.25. The minimum absolute atomic E-state index is 0.328. The van der Waals surface area contributed by atoms with Crippen molar-refractivity contribution >= 4 is 11.2 Å². The molecule has 0 aliphatic carbocycles. The van der Waals surface area contributed by atoms with Gasteiger partial charge in [0.25, 0.3) is 0 Å². The third-order valence-corrected chi connectivity index (χ3v) is 2.01. The van der Waals surface area contributed by atoms with Gasteiger partial charge >= 0.3 is 5.69 Å². The fourth-order valence-corrected chi connectivity index (χ4v) is 1.39. The quantitative estimate of drug-likeness (QED) is 0.646. The summed E-state index contributed by atoms with van der Waals surface area (Å²) in [7, 11) is 0. The van der Waals surface area contributed by atoms with E-state index >= 15 is 0 Å². The molecule has 0 aliphatic heterocycles. The summed E-state index contributed by atoms with van der Waals surface area (Å²) in [6.07, 6.45) is 1.62. The highest BCUT2D eigenvalue weighted by Crippen LogP contribution is 2.11.